The van der Waals surface area contributed by atoms with Gasteiger partial charge in [0, 0.05) is 18.3 Å². The van der Waals surface area contributed by atoms with Crippen molar-refractivity contribution in [2.75, 3.05) is 4.90 Å². The Kier molecular flexibility index (Phi) is 4.02. The molecule has 4 heteroatoms. The van der Waals surface area contributed by atoms with E-state index in [4.69, 9.17) is 4.74 Å². The van der Waals surface area contributed by atoms with Gasteiger partial charge in [0.15, 0.2) is 12.0 Å². The van der Waals surface area contributed by atoms with Crippen LogP contribution in [0.2, 0.25) is 0 Å². The van der Waals surface area contributed by atoms with Crippen molar-refractivity contribution in [2.24, 2.45) is 0 Å². The van der Waals surface area contributed by atoms with Crippen molar-refractivity contribution < 1.29 is 4.74 Å². The summed E-state index contributed by atoms with van der Waals surface area (Å²) in [6.07, 6.45) is 8.55. The van der Waals surface area contributed by atoms with Gasteiger partial charge in [0.05, 0.1) is 10.4 Å². The third-order valence-electron chi connectivity index (χ3n) is 3.26. The first kappa shape index (κ1) is 13.2. The molecular weight excluding hydrogens is 268 g/mol. The summed E-state index contributed by atoms with van der Waals surface area (Å²) in [6, 6.07) is 10.3. The monoisotopic (exact) mass is 285 g/mol. The second-order valence-corrected chi connectivity index (χ2v) is 5.61. The zero-order valence-electron chi connectivity index (χ0n) is 11.5. The van der Waals surface area contributed by atoms with Crippen LogP contribution in [-0.2, 0) is 4.74 Å². The highest BCUT2D eigenvalue weighted by Crippen LogP contribution is 2.33. The fourth-order valence-corrected chi connectivity index (χ4v) is 2.78. The minimum absolute atomic E-state index is 0.0365. The van der Waals surface area contributed by atoms with Crippen LogP contribution in [0.3, 0.4) is 0 Å². The van der Waals surface area contributed by atoms with Crippen molar-refractivity contribution in [1.82, 2.24) is 4.98 Å². The van der Waals surface area contributed by atoms with E-state index in [1.54, 1.807) is 11.3 Å². The van der Waals surface area contributed by atoms with E-state index >= 15 is 0 Å². The van der Waals surface area contributed by atoms with Crippen LogP contribution in [0.4, 0.5) is 5.69 Å². The van der Waals surface area contributed by atoms with Crippen LogP contribution >= 0.6 is 11.3 Å². The van der Waals surface area contributed by atoms with E-state index in [9.17, 15) is 0 Å². The van der Waals surface area contributed by atoms with Gasteiger partial charge in [0.25, 0.3) is 0 Å². The zero-order chi connectivity index (χ0) is 13.8. The molecule has 2 heterocycles. The summed E-state index contributed by atoms with van der Waals surface area (Å²) in [6.45, 7) is 2.20. The topological polar surface area (TPSA) is 25.4 Å². The number of aromatic nitrogens is 1. The summed E-state index contributed by atoms with van der Waals surface area (Å²) in [7, 11) is 0. The number of para-hydroxylation sites is 1. The Bertz CT molecular complexity index is 565. The highest BCUT2D eigenvalue weighted by Gasteiger charge is 2.28. The molecule has 2 aromatic rings. The first-order valence-electron chi connectivity index (χ1n) is 6.92. The average molecular weight is 285 g/mol. The summed E-state index contributed by atoms with van der Waals surface area (Å²) >= 11 is 1.58. The van der Waals surface area contributed by atoms with Gasteiger partial charge in [0.2, 0.25) is 0 Å². The largest absolute Gasteiger partial charge is 0.466 e. The van der Waals surface area contributed by atoms with Crippen LogP contribution in [0, 0.1) is 6.20 Å². The number of thiazole rings is 1. The molecule has 0 N–H and O–H groups in total. The maximum absolute atomic E-state index is 6.08. The Morgan fingerprint density at radius 2 is 2.20 bits per heavy atom. The predicted octanol–water partition coefficient (Wildman–Crippen LogP) is 4.30. The van der Waals surface area contributed by atoms with E-state index in [0.717, 1.165) is 29.2 Å². The molecule has 3 rings (SSSR count). The van der Waals surface area contributed by atoms with Crippen LogP contribution < -0.4 is 4.90 Å². The fraction of sp³-hybridized carbons (Fsp3) is 0.312. The average Bonchev–Trinajstić information content (AvgIpc) is 3.15. The zero-order valence-corrected chi connectivity index (χ0v) is 12.3. The summed E-state index contributed by atoms with van der Waals surface area (Å²) in [4.78, 5) is 7.25. The maximum Gasteiger partial charge on any atom is 0.176 e. The summed E-state index contributed by atoms with van der Waals surface area (Å²) in [5.74, 6) is 0.803. The SMILES string of the molecule is CCCCC1OC(c2cncs2)=[C]N1c1ccccc1. The molecule has 20 heavy (non-hydrogen) atoms. The molecule has 0 amide bonds. The second-order valence-electron chi connectivity index (χ2n) is 4.73. The Labute approximate surface area is 123 Å². The molecule has 1 radical (unpaired) electrons. The summed E-state index contributed by atoms with van der Waals surface area (Å²) < 4.78 is 6.08. The number of hydrogen-bond donors (Lipinski definition) is 0. The highest BCUT2D eigenvalue weighted by molar-refractivity contribution is 7.10. The molecule has 1 aromatic heterocycles. The summed E-state index contributed by atoms with van der Waals surface area (Å²) in [5, 5.41) is 0. The van der Waals surface area contributed by atoms with Crippen LogP contribution in [0.15, 0.2) is 42.0 Å². The van der Waals surface area contributed by atoms with E-state index in [1.807, 2.05) is 29.9 Å². The molecule has 0 fully saturated rings. The normalized spacial score (nSPS) is 17.9. The quantitative estimate of drug-likeness (QED) is 0.819. The van der Waals surface area contributed by atoms with Gasteiger partial charge in [0.1, 0.15) is 6.20 Å². The first-order chi connectivity index (χ1) is 9.88. The van der Waals surface area contributed by atoms with Gasteiger partial charge in [-0.05, 0) is 18.6 Å². The van der Waals surface area contributed by atoms with E-state index in [2.05, 4.69) is 35.1 Å². The number of unbranched alkanes of at least 4 members (excludes halogenated alkanes) is 1. The number of anilines is 1. The number of rotatable bonds is 5. The van der Waals surface area contributed by atoms with Crippen molar-refractivity contribution in [1.29, 1.82) is 0 Å². The minimum atomic E-state index is 0.0365. The van der Waals surface area contributed by atoms with E-state index in [0.29, 0.717) is 0 Å². The fourth-order valence-electron chi connectivity index (χ4n) is 2.22. The lowest BCUT2D eigenvalue weighted by Gasteiger charge is -2.23. The van der Waals surface area contributed by atoms with Crippen molar-refractivity contribution in [3.63, 3.8) is 0 Å². The van der Waals surface area contributed by atoms with Gasteiger partial charge in [-0.15, -0.1) is 11.3 Å². The van der Waals surface area contributed by atoms with Gasteiger partial charge >= 0.3 is 0 Å². The molecule has 3 nitrogen and oxygen atoms in total. The smallest absolute Gasteiger partial charge is 0.176 e. The summed E-state index contributed by atoms with van der Waals surface area (Å²) in [5.41, 5.74) is 2.94. The lowest BCUT2D eigenvalue weighted by atomic mass is 10.2. The van der Waals surface area contributed by atoms with Gasteiger partial charge in [-0.1, -0.05) is 31.5 Å². The molecule has 1 aliphatic heterocycles. The van der Waals surface area contributed by atoms with Crippen LogP contribution in [0.1, 0.15) is 31.1 Å². The second kappa shape index (κ2) is 6.09. The van der Waals surface area contributed by atoms with E-state index in [1.165, 1.54) is 6.42 Å². The number of hydrogen-bond acceptors (Lipinski definition) is 4. The van der Waals surface area contributed by atoms with Crippen molar-refractivity contribution in [2.45, 2.75) is 32.4 Å². The molecule has 0 aliphatic carbocycles. The molecule has 1 aromatic carbocycles. The van der Waals surface area contributed by atoms with Crippen LogP contribution in [0.25, 0.3) is 5.76 Å². The van der Waals surface area contributed by atoms with Gasteiger partial charge < -0.3 is 9.64 Å². The van der Waals surface area contributed by atoms with Gasteiger partial charge in [-0.25, -0.2) is 0 Å². The van der Waals surface area contributed by atoms with Crippen LogP contribution in [0.5, 0.6) is 0 Å². The number of benzene rings is 1. The third kappa shape index (κ3) is 2.70. The Balaban J connectivity index is 1.86. The predicted molar refractivity (Wildman–Crippen MR) is 82.1 cm³/mol. The lowest BCUT2D eigenvalue weighted by Crippen LogP contribution is -2.27. The number of nitrogens with zero attached hydrogens (tertiary/aromatic N) is 2. The molecule has 0 saturated heterocycles. The van der Waals surface area contributed by atoms with E-state index < -0.39 is 0 Å². The first-order valence-corrected chi connectivity index (χ1v) is 7.80. The van der Waals surface area contributed by atoms with Crippen molar-refractivity contribution in [3.8, 4) is 0 Å². The molecule has 0 spiro atoms. The molecule has 0 bridgehead atoms. The minimum Gasteiger partial charge on any atom is -0.466 e. The maximum atomic E-state index is 6.08. The third-order valence-corrected chi connectivity index (χ3v) is 4.03. The van der Waals surface area contributed by atoms with Gasteiger partial charge in [-0.3, -0.25) is 4.98 Å². The van der Waals surface area contributed by atoms with Gasteiger partial charge in [-0.2, -0.15) is 0 Å². The molecule has 103 valence electrons. The van der Waals surface area contributed by atoms with Crippen LogP contribution in [-0.4, -0.2) is 11.2 Å². The Morgan fingerprint density at radius 3 is 2.90 bits per heavy atom. The van der Waals surface area contributed by atoms with Crippen molar-refractivity contribution in [3.05, 3.63) is 53.1 Å². The van der Waals surface area contributed by atoms with E-state index in [-0.39, 0.29) is 6.23 Å². The lowest BCUT2D eigenvalue weighted by molar-refractivity contribution is 0.179. The molecule has 1 aliphatic rings. The molecule has 0 saturated carbocycles. The molecule has 1 atom stereocenters. The molecule has 1 unspecified atom stereocenters. The standard InChI is InChI=1S/C16H17N2OS/c1-2-3-9-16-18(13-7-5-4-6-8-13)11-14(19-16)15-10-17-12-20-15/h4-8,10,12,16H,2-3,9H2,1H3. The Morgan fingerprint density at radius 1 is 1.35 bits per heavy atom. The number of ether oxygens (including phenoxy) is 1. The Hall–Kier alpha value is -1.81. The highest BCUT2D eigenvalue weighted by atomic mass is 32.1. The van der Waals surface area contributed by atoms with Crippen molar-refractivity contribution >= 4 is 22.8 Å². The molecular formula is C16H17N2OS.